The van der Waals surface area contributed by atoms with Crippen molar-refractivity contribution in [2.24, 2.45) is 7.05 Å². The number of aromatic nitrogens is 2. The van der Waals surface area contributed by atoms with E-state index in [1.807, 2.05) is 24.3 Å². The molecule has 1 amide bonds. The maximum absolute atomic E-state index is 11.9. The maximum Gasteiger partial charge on any atom is 0.250 e. The second-order valence-corrected chi connectivity index (χ2v) is 6.29. The van der Waals surface area contributed by atoms with Crippen LogP contribution in [-0.2, 0) is 11.8 Å². The summed E-state index contributed by atoms with van der Waals surface area (Å²) in [4.78, 5) is 26.8. The van der Waals surface area contributed by atoms with Crippen molar-refractivity contribution in [3.63, 3.8) is 0 Å². The number of fused-ring (bicyclic) bond motifs is 1. The zero-order chi connectivity index (χ0) is 19.5. The van der Waals surface area contributed by atoms with Gasteiger partial charge in [-0.3, -0.25) is 14.6 Å². The zero-order valence-electron chi connectivity index (χ0n) is 15.1. The Balaban J connectivity index is 1.67. The SMILES string of the molecule is Cn1ccc(-c2ccc3c(Oc4ccc(NC=O)cc4)ccnc3c2)cc1=O. The normalized spacial score (nSPS) is 10.6. The molecule has 0 unspecified atom stereocenters. The molecule has 2 aromatic heterocycles. The molecule has 6 nitrogen and oxygen atoms in total. The summed E-state index contributed by atoms with van der Waals surface area (Å²) < 4.78 is 7.53. The lowest BCUT2D eigenvalue weighted by molar-refractivity contribution is -0.105. The molecule has 0 atom stereocenters. The zero-order valence-corrected chi connectivity index (χ0v) is 15.1. The molecule has 0 aliphatic heterocycles. The summed E-state index contributed by atoms with van der Waals surface area (Å²) in [5, 5.41) is 3.45. The first-order chi connectivity index (χ1) is 13.6. The highest BCUT2D eigenvalue weighted by atomic mass is 16.5. The molecule has 0 bridgehead atoms. The van der Waals surface area contributed by atoms with Crippen molar-refractivity contribution in [3.8, 4) is 22.6 Å². The van der Waals surface area contributed by atoms with E-state index in [-0.39, 0.29) is 5.56 Å². The second kappa shape index (κ2) is 7.36. The predicted octanol–water partition coefficient (Wildman–Crippen LogP) is 3.96. The van der Waals surface area contributed by atoms with Gasteiger partial charge in [-0.2, -0.15) is 0 Å². The van der Waals surface area contributed by atoms with Crippen molar-refractivity contribution in [2.75, 3.05) is 5.32 Å². The largest absolute Gasteiger partial charge is 0.457 e. The molecule has 0 aliphatic carbocycles. The fourth-order valence-corrected chi connectivity index (χ4v) is 2.93. The van der Waals surface area contributed by atoms with Crippen LogP contribution in [0.25, 0.3) is 22.0 Å². The van der Waals surface area contributed by atoms with Gasteiger partial charge in [0.1, 0.15) is 11.5 Å². The van der Waals surface area contributed by atoms with Gasteiger partial charge in [0.05, 0.1) is 5.52 Å². The Labute approximate surface area is 161 Å². The Hall–Kier alpha value is -3.93. The summed E-state index contributed by atoms with van der Waals surface area (Å²) >= 11 is 0. The molecule has 0 saturated carbocycles. The van der Waals surface area contributed by atoms with Crippen LogP contribution in [0, 0.1) is 0 Å². The lowest BCUT2D eigenvalue weighted by Crippen LogP contribution is -2.14. The third-order valence-electron chi connectivity index (χ3n) is 4.45. The monoisotopic (exact) mass is 371 g/mol. The number of anilines is 1. The van der Waals surface area contributed by atoms with E-state index in [9.17, 15) is 9.59 Å². The van der Waals surface area contributed by atoms with Gasteiger partial charge in [0, 0.05) is 36.6 Å². The number of nitrogens with one attached hydrogen (secondary N) is 1. The van der Waals surface area contributed by atoms with Gasteiger partial charge in [0.25, 0.3) is 5.56 Å². The highest BCUT2D eigenvalue weighted by molar-refractivity contribution is 5.89. The van der Waals surface area contributed by atoms with Gasteiger partial charge in [0.2, 0.25) is 6.41 Å². The molecule has 138 valence electrons. The molecule has 1 N–H and O–H groups in total. The summed E-state index contributed by atoms with van der Waals surface area (Å²) in [7, 11) is 1.72. The first-order valence-corrected chi connectivity index (χ1v) is 8.68. The smallest absolute Gasteiger partial charge is 0.250 e. The Morgan fingerprint density at radius 1 is 1.00 bits per heavy atom. The molecule has 2 heterocycles. The average Bonchev–Trinajstić information content (AvgIpc) is 2.71. The van der Waals surface area contributed by atoms with Gasteiger partial charge >= 0.3 is 0 Å². The van der Waals surface area contributed by atoms with Crippen LogP contribution in [0.15, 0.2) is 77.9 Å². The van der Waals surface area contributed by atoms with Crippen molar-refractivity contribution in [2.45, 2.75) is 0 Å². The van der Waals surface area contributed by atoms with Crippen molar-refractivity contribution in [1.29, 1.82) is 0 Å². The summed E-state index contributed by atoms with van der Waals surface area (Å²) in [6.07, 6.45) is 4.07. The standard InChI is InChI=1S/C22H17N3O3/c1-25-11-9-16(13-22(25)27)15-2-7-19-20(12-15)23-10-8-21(19)28-18-5-3-17(4-6-18)24-14-26/h2-14H,1H3,(H,24,26). The number of hydrogen-bond acceptors (Lipinski definition) is 4. The van der Waals surface area contributed by atoms with Gasteiger partial charge in [-0.25, -0.2) is 0 Å². The summed E-state index contributed by atoms with van der Waals surface area (Å²) in [6, 6.07) is 18.2. The second-order valence-electron chi connectivity index (χ2n) is 6.29. The number of nitrogens with zero attached hydrogens (tertiary/aromatic N) is 2. The van der Waals surface area contributed by atoms with Crippen LogP contribution in [0.4, 0.5) is 5.69 Å². The molecule has 28 heavy (non-hydrogen) atoms. The van der Waals surface area contributed by atoms with Crippen molar-refractivity contribution < 1.29 is 9.53 Å². The number of pyridine rings is 2. The fraction of sp³-hybridized carbons (Fsp3) is 0.0455. The molecule has 0 saturated heterocycles. The van der Waals surface area contributed by atoms with E-state index in [0.29, 0.717) is 23.6 Å². The van der Waals surface area contributed by atoms with Gasteiger partial charge in [0.15, 0.2) is 0 Å². The predicted molar refractivity (Wildman–Crippen MR) is 109 cm³/mol. The number of benzene rings is 2. The third-order valence-corrected chi connectivity index (χ3v) is 4.45. The van der Waals surface area contributed by atoms with E-state index in [2.05, 4.69) is 10.3 Å². The molecular weight excluding hydrogens is 354 g/mol. The topological polar surface area (TPSA) is 73.2 Å². The highest BCUT2D eigenvalue weighted by Gasteiger charge is 2.07. The van der Waals surface area contributed by atoms with E-state index >= 15 is 0 Å². The fourth-order valence-electron chi connectivity index (χ4n) is 2.93. The molecule has 0 aliphatic rings. The molecular formula is C22H17N3O3. The van der Waals surface area contributed by atoms with E-state index < -0.39 is 0 Å². The van der Waals surface area contributed by atoms with E-state index in [1.54, 1.807) is 55.8 Å². The van der Waals surface area contributed by atoms with Gasteiger partial charge in [-0.1, -0.05) is 6.07 Å². The Bertz CT molecular complexity index is 1210. The minimum Gasteiger partial charge on any atom is -0.457 e. The van der Waals surface area contributed by atoms with Crippen molar-refractivity contribution in [3.05, 3.63) is 83.4 Å². The van der Waals surface area contributed by atoms with Crippen molar-refractivity contribution >= 4 is 23.0 Å². The number of rotatable bonds is 5. The number of aryl methyl sites for hydroxylation is 1. The molecule has 0 radical (unpaired) electrons. The molecule has 6 heteroatoms. The summed E-state index contributed by atoms with van der Waals surface area (Å²) in [6.45, 7) is 0. The number of ether oxygens (including phenoxy) is 1. The molecule has 4 rings (SSSR count). The average molecular weight is 371 g/mol. The van der Waals surface area contributed by atoms with Crippen LogP contribution >= 0.6 is 0 Å². The Morgan fingerprint density at radius 2 is 1.79 bits per heavy atom. The summed E-state index contributed by atoms with van der Waals surface area (Å²) in [5.74, 6) is 1.33. The molecule has 0 spiro atoms. The van der Waals surface area contributed by atoms with E-state index in [4.69, 9.17) is 4.74 Å². The lowest BCUT2D eigenvalue weighted by atomic mass is 10.0. The van der Waals surface area contributed by atoms with Crippen LogP contribution in [0.5, 0.6) is 11.5 Å². The Morgan fingerprint density at radius 3 is 2.54 bits per heavy atom. The molecule has 0 fully saturated rings. The Kier molecular flexibility index (Phi) is 4.60. The number of carbonyl (C=O) groups excluding carboxylic acids is 1. The van der Waals surface area contributed by atoms with Gasteiger partial charge in [-0.05, 0) is 59.7 Å². The quantitative estimate of drug-likeness (QED) is 0.539. The van der Waals surface area contributed by atoms with Gasteiger partial charge < -0.3 is 14.6 Å². The molecule has 2 aromatic carbocycles. The van der Waals surface area contributed by atoms with Crippen LogP contribution in [0.3, 0.4) is 0 Å². The van der Waals surface area contributed by atoms with E-state index in [1.165, 1.54) is 4.57 Å². The highest BCUT2D eigenvalue weighted by Crippen LogP contribution is 2.31. The first-order valence-electron chi connectivity index (χ1n) is 8.68. The van der Waals surface area contributed by atoms with Crippen LogP contribution in [-0.4, -0.2) is 16.0 Å². The van der Waals surface area contributed by atoms with Crippen LogP contribution in [0.1, 0.15) is 0 Å². The number of carbonyl (C=O) groups is 1. The lowest BCUT2D eigenvalue weighted by Gasteiger charge is -2.10. The van der Waals surface area contributed by atoms with Crippen LogP contribution < -0.4 is 15.6 Å². The number of hydrogen-bond donors (Lipinski definition) is 1. The van der Waals surface area contributed by atoms with Crippen LogP contribution in [0.2, 0.25) is 0 Å². The van der Waals surface area contributed by atoms with Crippen molar-refractivity contribution in [1.82, 2.24) is 9.55 Å². The maximum atomic E-state index is 11.9. The van der Waals surface area contributed by atoms with E-state index in [0.717, 1.165) is 22.0 Å². The number of amides is 1. The first kappa shape index (κ1) is 17.5. The minimum atomic E-state index is -0.0600. The summed E-state index contributed by atoms with van der Waals surface area (Å²) in [5.41, 5.74) is 3.17. The van der Waals surface area contributed by atoms with Gasteiger partial charge in [-0.15, -0.1) is 0 Å². The third kappa shape index (κ3) is 3.48. The minimum absolute atomic E-state index is 0.0600. The molecule has 4 aromatic rings.